The SMILES string of the molecule is [2H]c1c([2H])c([2H])c(-c2c3c([2H])c([2H])c([2H])c([2H])c3c(-c3c([2H])c([2H])c4c(oc5c([2H])c([2H])c([2H])c([2H])c54)c3[2H])c3c([2H])c([2H])c(-c4cc([2H])c5c([2H])c([2H])c([2H])c([2H])c5c4[2H])c([2H])c23)c([2H])c1[2H]. The van der Waals surface area contributed by atoms with Crippen LogP contribution in [-0.4, -0.2) is 0 Å². The lowest BCUT2D eigenvalue weighted by atomic mass is 9.84. The van der Waals surface area contributed by atoms with Crippen LogP contribution in [0.3, 0.4) is 0 Å². The zero-order chi connectivity index (χ0) is 50.1. The van der Waals surface area contributed by atoms with Gasteiger partial charge in [-0.05, 0) is 95.9 Å². The van der Waals surface area contributed by atoms with E-state index in [0.29, 0.717) is 0 Å². The van der Waals surface area contributed by atoms with Gasteiger partial charge in [-0.1, -0.05) is 127 Å². The van der Waals surface area contributed by atoms with E-state index in [1.54, 1.807) is 0 Å². The topological polar surface area (TPSA) is 13.1 Å². The standard InChI is InChI=1S/C42H26O/c1-2-11-28(12-3-1)41-35-15-6-7-16-36(35)42(32-21-22-34-33-14-8-9-17-39(33)43-40(34)26-32)37-23-20-31(25-38(37)41)30-19-18-27-10-4-5-13-29(27)24-30/h1-26H/i1D,2D,3D,4D,5D,6D,7D,8D,9D,10D,11D,12D,13D,14D,15D,16D,17D,18D,20D,21D,22D,23D,24D,25D,26D. The van der Waals surface area contributed by atoms with Crippen LogP contribution >= 0.6 is 0 Å². The van der Waals surface area contributed by atoms with E-state index in [1.807, 2.05) is 0 Å². The normalized spacial score (nSPS) is 19.9. The summed E-state index contributed by atoms with van der Waals surface area (Å²) in [5.41, 5.74) is -5.21. The Bertz CT molecular complexity index is 3880. The fraction of sp³-hybridized carbons (Fsp3) is 0. The molecular formula is C42H26O. The maximum Gasteiger partial charge on any atom is 0.136 e. The number of fused-ring (bicyclic) bond motifs is 6. The highest BCUT2D eigenvalue weighted by Gasteiger charge is 2.18. The lowest BCUT2D eigenvalue weighted by Crippen LogP contribution is -1.91. The van der Waals surface area contributed by atoms with Gasteiger partial charge in [0, 0.05) is 10.8 Å². The van der Waals surface area contributed by atoms with Gasteiger partial charge in [0.05, 0.1) is 34.3 Å². The molecule has 0 aliphatic rings. The van der Waals surface area contributed by atoms with E-state index >= 15 is 0 Å². The van der Waals surface area contributed by atoms with Crippen molar-refractivity contribution in [1.29, 1.82) is 0 Å². The number of furan rings is 1. The first kappa shape index (κ1) is 9.97. The summed E-state index contributed by atoms with van der Waals surface area (Å²) in [6.07, 6.45) is 0. The first-order valence-corrected chi connectivity index (χ1v) is 12.7. The second-order valence-corrected chi connectivity index (χ2v) is 9.34. The van der Waals surface area contributed by atoms with Crippen LogP contribution in [0.15, 0.2) is 162 Å². The van der Waals surface area contributed by atoms with E-state index in [9.17, 15) is 12.3 Å². The highest BCUT2D eigenvalue weighted by atomic mass is 16.3. The van der Waals surface area contributed by atoms with Gasteiger partial charge in [-0.3, -0.25) is 0 Å². The largest absolute Gasteiger partial charge is 0.456 e. The van der Waals surface area contributed by atoms with Gasteiger partial charge in [0.1, 0.15) is 11.2 Å². The molecule has 1 heterocycles. The molecule has 43 heavy (non-hydrogen) atoms. The highest BCUT2D eigenvalue weighted by Crippen LogP contribution is 2.45. The molecule has 0 radical (unpaired) electrons. The summed E-state index contributed by atoms with van der Waals surface area (Å²) in [4.78, 5) is 0. The molecule has 0 N–H and O–H groups in total. The van der Waals surface area contributed by atoms with Gasteiger partial charge < -0.3 is 4.42 Å². The molecule has 0 bridgehead atoms. The maximum absolute atomic E-state index is 9.97. The molecule has 9 rings (SSSR count). The number of hydrogen-bond acceptors (Lipinski definition) is 1. The average molecular weight is 572 g/mol. The second kappa shape index (κ2) is 9.44. The first-order chi connectivity index (χ1) is 31.7. The quantitative estimate of drug-likeness (QED) is 0.192. The molecule has 8 aromatic carbocycles. The molecule has 200 valence electrons. The van der Waals surface area contributed by atoms with Gasteiger partial charge in [0.2, 0.25) is 0 Å². The van der Waals surface area contributed by atoms with Crippen LogP contribution in [0, 0.1) is 0 Å². The van der Waals surface area contributed by atoms with Crippen molar-refractivity contribution in [2.24, 2.45) is 0 Å². The number of hydrogen-bond donors (Lipinski definition) is 0. The molecule has 1 nitrogen and oxygen atoms in total. The molecule has 0 aliphatic carbocycles. The Labute approximate surface area is 284 Å². The van der Waals surface area contributed by atoms with Crippen LogP contribution in [0.1, 0.15) is 34.3 Å². The van der Waals surface area contributed by atoms with Gasteiger partial charge in [-0.15, -0.1) is 0 Å². The third-order valence-electron chi connectivity index (χ3n) is 6.96. The molecule has 0 amide bonds. The smallest absolute Gasteiger partial charge is 0.136 e. The minimum Gasteiger partial charge on any atom is -0.456 e. The summed E-state index contributed by atoms with van der Waals surface area (Å²) in [6, 6.07) is -20.2. The predicted molar refractivity (Wildman–Crippen MR) is 183 cm³/mol. The predicted octanol–water partition coefficient (Wildman–Crippen LogP) is 12.0. The minimum absolute atomic E-state index is 0.370. The van der Waals surface area contributed by atoms with Crippen molar-refractivity contribution in [2.75, 3.05) is 0 Å². The van der Waals surface area contributed by atoms with E-state index in [-0.39, 0.29) is 5.39 Å². The Hall–Kier alpha value is -5.66. The summed E-state index contributed by atoms with van der Waals surface area (Å²) in [7, 11) is 0. The third kappa shape index (κ3) is 3.79. The molecule has 1 aromatic heterocycles. The van der Waals surface area contributed by atoms with Gasteiger partial charge in [0.15, 0.2) is 0 Å². The molecule has 0 saturated heterocycles. The van der Waals surface area contributed by atoms with Crippen LogP contribution in [0.2, 0.25) is 0 Å². The van der Waals surface area contributed by atoms with Gasteiger partial charge in [-0.25, -0.2) is 0 Å². The number of benzene rings is 8. The third-order valence-corrected chi connectivity index (χ3v) is 6.96. The van der Waals surface area contributed by atoms with Crippen LogP contribution < -0.4 is 0 Å². The monoisotopic (exact) mass is 571 g/mol. The van der Waals surface area contributed by atoms with Crippen LogP contribution in [-0.2, 0) is 0 Å². The molecule has 0 aliphatic heterocycles. The van der Waals surface area contributed by atoms with Crippen LogP contribution in [0.25, 0.3) is 87.6 Å². The summed E-state index contributed by atoms with van der Waals surface area (Å²) in [6.45, 7) is 0. The van der Waals surface area contributed by atoms with Gasteiger partial charge in [-0.2, -0.15) is 0 Å². The molecule has 0 atom stereocenters. The van der Waals surface area contributed by atoms with Gasteiger partial charge >= 0.3 is 0 Å². The van der Waals surface area contributed by atoms with E-state index in [4.69, 9.17) is 26.3 Å². The Morgan fingerprint density at radius 1 is 0.349 bits per heavy atom. The summed E-state index contributed by atoms with van der Waals surface area (Å²) < 4.78 is 229. The molecule has 9 aromatic rings. The second-order valence-electron chi connectivity index (χ2n) is 9.34. The van der Waals surface area contributed by atoms with Crippen molar-refractivity contribution in [3.8, 4) is 33.4 Å². The Balaban J connectivity index is 1.63. The molecule has 0 unspecified atom stereocenters. The van der Waals surface area contributed by atoms with E-state index in [0.717, 1.165) is 6.07 Å². The highest BCUT2D eigenvalue weighted by molar-refractivity contribution is 6.22. The van der Waals surface area contributed by atoms with Crippen molar-refractivity contribution < 1.29 is 38.7 Å². The van der Waals surface area contributed by atoms with E-state index in [1.165, 1.54) is 0 Å². The summed E-state index contributed by atoms with van der Waals surface area (Å²) in [5.74, 6) is 0. The fourth-order valence-electron chi connectivity index (χ4n) is 5.11. The molecular weight excluding hydrogens is 520 g/mol. The van der Waals surface area contributed by atoms with Crippen LogP contribution in [0.4, 0.5) is 0 Å². The Kier molecular flexibility index (Phi) is 2.19. The summed E-state index contributed by atoms with van der Waals surface area (Å²) >= 11 is 0. The average Bonchev–Trinajstić information content (AvgIpc) is 3.72. The maximum atomic E-state index is 9.97. The number of rotatable bonds is 3. The minimum atomic E-state index is -0.987. The lowest BCUT2D eigenvalue weighted by molar-refractivity contribution is 0.669. The van der Waals surface area contributed by atoms with Crippen LogP contribution in [0.5, 0.6) is 0 Å². The Morgan fingerprint density at radius 3 is 1.79 bits per heavy atom. The summed E-state index contributed by atoms with van der Waals surface area (Å²) in [5, 5.41) is -4.48. The lowest BCUT2D eigenvalue weighted by Gasteiger charge is -2.19. The zero-order valence-corrected chi connectivity index (χ0v) is 21.5. The van der Waals surface area contributed by atoms with Crippen molar-refractivity contribution in [2.45, 2.75) is 0 Å². The molecule has 1 heteroatoms. The van der Waals surface area contributed by atoms with E-state index < -0.39 is 233 Å². The van der Waals surface area contributed by atoms with Crippen molar-refractivity contribution in [1.82, 2.24) is 0 Å². The van der Waals surface area contributed by atoms with E-state index in [2.05, 4.69) is 0 Å². The Morgan fingerprint density at radius 2 is 0.953 bits per heavy atom. The molecule has 0 fully saturated rings. The zero-order valence-electron chi connectivity index (χ0n) is 46.5. The van der Waals surface area contributed by atoms with Gasteiger partial charge in [0.25, 0.3) is 0 Å². The molecule has 0 saturated carbocycles. The van der Waals surface area contributed by atoms with Crippen molar-refractivity contribution >= 4 is 54.3 Å². The fourth-order valence-corrected chi connectivity index (χ4v) is 5.11. The van der Waals surface area contributed by atoms with Crippen molar-refractivity contribution in [3.63, 3.8) is 0 Å². The molecule has 0 spiro atoms. The van der Waals surface area contributed by atoms with Crippen molar-refractivity contribution in [3.05, 3.63) is 157 Å². The number of para-hydroxylation sites is 1. The first-order valence-electron chi connectivity index (χ1n) is 25.2.